The van der Waals surface area contributed by atoms with Crippen molar-refractivity contribution in [2.24, 2.45) is 11.3 Å². The standard InChI is InChI=1S/C34H40N4O3/c1-4-29-36-31(41-37-29)25-9-6-10-28(20-25)38(30(39)19-24-7-5-8-24)22-33-15-17-34(18-16-33,40-23-33)27-13-11-26(12-14-27)32(2,3)21-35/h6,9-14,20,24H,4-5,7-8,15-19,22-23H2,1-3H3. The first kappa shape index (κ1) is 27.7. The summed E-state index contributed by atoms with van der Waals surface area (Å²) in [5, 5.41) is 13.6. The minimum absolute atomic E-state index is 0.0738. The highest BCUT2D eigenvalue weighted by molar-refractivity contribution is 5.94. The van der Waals surface area contributed by atoms with Crippen LogP contribution in [0.4, 0.5) is 5.69 Å². The van der Waals surface area contributed by atoms with Crippen molar-refractivity contribution >= 4 is 11.6 Å². The van der Waals surface area contributed by atoms with Gasteiger partial charge in [-0.2, -0.15) is 10.2 Å². The number of carbonyl (C=O) groups is 1. The summed E-state index contributed by atoms with van der Waals surface area (Å²) in [6, 6.07) is 18.8. The molecule has 0 spiro atoms. The molecule has 7 rings (SSSR count). The Bertz CT molecular complexity index is 1420. The number of nitrogens with zero attached hydrogens (tertiary/aromatic N) is 4. The van der Waals surface area contributed by atoms with Crippen LogP contribution in [0.25, 0.3) is 11.5 Å². The maximum Gasteiger partial charge on any atom is 0.257 e. The first-order chi connectivity index (χ1) is 19.7. The Morgan fingerprint density at radius 2 is 1.88 bits per heavy atom. The number of hydrogen-bond acceptors (Lipinski definition) is 6. The minimum Gasteiger partial charge on any atom is -0.370 e. The van der Waals surface area contributed by atoms with Crippen molar-refractivity contribution in [1.82, 2.24) is 10.1 Å². The van der Waals surface area contributed by atoms with E-state index >= 15 is 0 Å². The topological polar surface area (TPSA) is 92.3 Å². The van der Waals surface area contributed by atoms with Crippen LogP contribution in [0, 0.1) is 22.7 Å². The number of ether oxygens (including phenoxy) is 1. The van der Waals surface area contributed by atoms with E-state index in [0.29, 0.717) is 43.6 Å². The molecule has 214 valence electrons. The van der Waals surface area contributed by atoms with Gasteiger partial charge in [0.15, 0.2) is 5.82 Å². The quantitative estimate of drug-likeness (QED) is 0.281. The Balaban J connectivity index is 1.22. The third-order valence-corrected chi connectivity index (χ3v) is 9.86. The molecule has 3 aromatic rings. The molecule has 2 saturated heterocycles. The predicted molar refractivity (Wildman–Crippen MR) is 157 cm³/mol. The molecule has 2 aliphatic heterocycles. The zero-order valence-corrected chi connectivity index (χ0v) is 24.5. The molecule has 1 amide bonds. The highest BCUT2D eigenvalue weighted by Crippen LogP contribution is 2.54. The maximum absolute atomic E-state index is 13.8. The van der Waals surface area contributed by atoms with E-state index < -0.39 is 5.41 Å². The van der Waals surface area contributed by atoms with Gasteiger partial charge in [-0.05, 0) is 87.6 Å². The van der Waals surface area contributed by atoms with Crippen molar-refractivity contribution < 1.29 is 14.1 Å². The van der Waals surface area contributed by atoms with Crippen molar-refractivity contribution in [3.63, 3.8) is 0 Å². The summed E-state index contributed by atoms with van der Waals surface area (Å²) in [5.74, 6) is 1.85. The molecule has 3 heterocycles. The zero-order valence-electron chi connectivity index (χ0n) is 24.5. The first-order valence-electron chi connectivity index (χ1n) is 15.1. The summed E-state index contributed by atoms with van der Waals surface area (Å²) in [6.45, 7) is 7.18. The molecular weight excluding hydrogens is 512 g/mol. The van der Waals surface area contributed by atoms with E-state index in [2.05, 4.69) is 40.5 Å². The van der Waals surface area contributed by atoms with Crippen LogP contribution in [-0.2, 0) is 27.0 Å². The van der Waals surface area contributed by atoms with Crippen LogP contribution in [0.2, 0.25) is 0 Å². The van der Waals surface area contributed by atoms with Crippen molar-refractivity contribution in [3.8, 4) is 17.5 Å². The molecule has 4 aliphatic rings. The molecule has 41 heavy (non-hydrogen) atoms. The minimum atomic E-state index is -0.514. The first-order valence-corrected chi connectivity index (χ1v) is 15.1. The Labute approximate surface area is 242 Å². The fourth-order valence-corrected chi connectivity index (χ4v) is 6.63. The fourth-order valence-electron chi connectivity index (χ4n) is 6.63. The highest BCUT2D eigenvalue weighted by atomic mass is 16.5. The van der Waals surface area contributed by atoms with Crippen LogP contribution in [0.1, 0.15) is 89.1 Å². The number of rotatable bonds is 9. The molecule has 1 aromatic heterocycles. The second kappa shape index (κ2) is 10.7. The fraction of sp³-hybridized carbons (Fsp3) is 0.529. The molecule has 7 heteroatoms. The summed E-state index contributed by atoms with van der Waals surface area (Å²) in [5.41, 5.74) is 3.06. The van der Waals surface area contributed by atoms with Gasteiger partial charge < -0.3 is 14.2 Å². The van der Waals surface area contributed by atoms with Crippen molar-refractivity contribution in [3.05, 3.63) is 65.5 Å². The van der Waals surface area contributed by atoms with Crippen LogP contribution in [0.5, 0.6) is 0 Å². The lowest BCUT2D eigenvalue weighted by molar-refractivity contribution is -0.186. The van der Waals surface area contributed by atoms with Crippen LogP contribution in [0.3, 0.4) is 0 Å². The molecule has 2 aliphatic carbocycles. The molecule has 0 unspecified atom stereocenters. The monoisotopic (exact) mass is 552 g/mol. The van der Waals surface area contributed by atoms with Gasteiger partial charge >= 0.3 is 0 Å². The second-order valence-electron chi connectivity index (χ2n) is 13.0. The number of benzene rings is 2. The Morgan fingerprint density at radius 1 is 1.12 bits per heavy atom. The van der Waals surface area contributed by atoms with E-state index in [9.17, 15) is 10.1 Å². The van der Waals surface area contributed by atoms with Gasteiger partial charge in [-0.15, -0.1) is 0 Å². The molecule has 2 aromatic carbocycles. The van der Waals surface area contributed by atoms with E-state index in [1.165, 1.54) is 12.0 Å². The lowest BCUT2D eigenvalue weighted by atomic mass is 9.63. The number of hydrogen-bond donors (Lipinski definition) is 0. The lowest BCUT2D eigenvalue weighted by Crippen LogP contribution is -2.54. The van der Waals surface area contributed by atoms with Gasteiger partial charge in [0.2, 0.25) is 5.91 Å². The molecule has 0 N–H and O–H groups in total. The lowest BCUT2D eigenvalue weighted by Gasteiger charge is -2.54. The largest absolute Gasteiger partial charge is 0.370 e. The molecular formula is C34H40N4O3. The Morgan fingerprint density at radius 3 is 2.46 bits per heavy atom. The molecule has 0 radical (unpaired) electrons. The molecule has 4 fully saturated rings. The number of aromatic nitrogens is 2. The molecule has 0 atom stereocenters. The van der Waals surface area contributed by atoms with Gasteiger partial charge in [-0.1, -0.05) is 48.8 Å². The summed E-state index contributed by atoms with van der Waals surface area (Å²) in [6.07, 6.45) is 8.69. The Hall–Kier alpha value is -3.50. The number of fused-ring (bicyclic) bond motifs is 3. The van der Waals surface area contributed by atoms with E-state index in [4.69, 9.17) is 9.26 Å². The van der Waals surface area contributed by atoms with Crippen molar-refractivity contribution in [1.29, 1.82) is 5.26 Å². The van der Waals surface area contributed by atoms with Gasteiger partial charge in [-0.3, -0.25) is 4.79 Å². The average molecular weight is 553 g/mol. The normalized spacial score (nSPS) is 24.0. The van der Waals surface area contributed by atoms with Crippen LogP contribution < -0.4 is 4.90 Å². The molecule has 7 nitrogen and oxygen atoms in total. The van der Waals surface area contributed by atoms with Gasteiger partial charge in [0.1, 0.15) is 0 Å². The summed E-state index contributed by atoms with van der Waals surface area (Å²) >= 11 is 0. The van der Waals surface area contributed by atoms with Crippen LogP contribution >= 0.6 is 0 Å². The third-order valence-electron chi connectivity index (χ3n) is 9.86. The molecule has 2 bridgehead atoms. The van der Waals surface area contributed by atoms with Gasteiger partial charge in [0.25, 0.3) is 5.89 Å². The maximum atomic E-state index is 13.8. The van der Waals surface area contributed by atoms with E-state index in [1.54, 1.807) is 0 Å². The summed E-state index contributed by atoms with van der Waals surface area (Å²) < 4.78 is 12.2. The Kier molecular flexibility index (Phi) is 7.23. The third kappa shape index (κ3) is 5.30. The average Bonchev–Trinajstić information content (AvgIpc) is 3.48. The summed E-state index contributed by atoms with van der Waals surface area (Å²) in [4.78, 5) is 20.3. The van der Waals surface area contributed by atoms with Gasteiger partial charge in [-0.25, -0.2) is 0 Å². The smallest absolute Gasteiger partial charge is 0.257 e. The SMILES string of the molecule is CCc1noc(-c2cccc(N(CC34CCC(c5ccc(C(C)(C)C#N)cc5)(CC3)OC4)C(=O)CC3CCC3)c2)n1. The number of carbonyl (C=O) groups excluding carboxylic acids is 1. The number of nitriles is 1. The van der Waals surface area contributed by atoms with Crippen LogP contribution in [-0.4, -0.2) is 29.2 Å². The van der Waals surface area contributed by atoms with E-state index in [1.807, 2.05) is 49.9 Å². The second-order valence-corrected chi connectivity index (χ2v) is 13.0. The zero-order chi connectivity index (χ0) is 28.7. The van der Waals surface area contributed by atoms with Gasteiger partial charge in [0, 0.05) is 36.1 Å². The highest BCUT2D eigenvalue weighted by Gasteiger charge is 2.51. The van der Waals surface area contributed by atoms with Gasteiger partial charge in [0.05, 0.1) is 23.7 Å². The van der Waals surface area contributed by atoms with Crippen LogP contribution in [0.15, 0.2) is 53.1 Å². The summed E-state index contributed by atoms with van der Waals surface area (Å²) in [7, 11) is 0. The van der Waals surface area contributed by atoms with E-state index in [0.717, 1.165) is 55.3 Å². The predicted octanol–water partition coefficient (Wildman–Crippen LogP) is 7.11. The van der Waals surface area contributed by atoms with Crippen molar-refractivity contribution in [2.75, 3.05) is 18.1 Å². The number of anilines is 1. The number of aryl methyl sites for hydroxylation is 1. The molecule has 2 saturated carbocycles. The van der Waals surface area contributed by atoms with Crippen molar-refractivity contribution in [2.45, 2.75) is 89.6 Å². The van der Waals surface area contributed by atoms with E-state index in [-0.39, 0.29) is 16.9 Å². The number of amides is 1.